The zero-order valence-electron chi connectivity index (χ0n) is 19.9. The van der Waals surface area contributed by atoms with E-state index >= 15 is 0 Å². The van der Waals surface area contributed by atoms with Crippen LogP contribution in [-0.4, -0.2) is 31.5 Å². The Labute approximate surface area is 213 Å². The minimum Gasteiger partial charge on any atom is -0.342 e. The average molecular weight is 490 g/mol. The molecule has 6 nitrogen and oxygen atoms in total. The second-order valence-corrected chi connectivity index (χ2v) is 9.90. The Bertz CT molecular complexity index is 1640. The summed E-state index contributed by atoms with van der Waals surface area (Å²) in [5.74, 6) is -0.384. The van der Waals surface area contributed by atoms with E-state index in [1.807, 2.05) is 67.7 Å². The number of aliphatic imine (C=N–C) groups is 1. The number of carbonyl (C=O) groups excluding carboxylic acids is 1. The Morgan fingerprint density at radius 3 is 2.53 bits per heavy atom. The van der Waals surface area contributed by atoms with Crippen LogP contribution in [0.15, 0.2) is 94.7 Å². The van der Waals surface area contributed by atoms with E-state index in [9.17, 15) is 4.79 Å². The number of hydrogen-bond acceptors (Lipinski definition) is 4. The lowest BCUT2D eigenvalue weighted by Gasteiger charge is -2.20. The number of hydrazone groups is 1. The van der Waals surface area contributed by atoms with Gasteiger partial charge in [-0.3, -0.25) is 10.2 Å². The van der Waals surface area contributed by atoms with Crippen LogP contribution in [0.2, 0.25) is 0 Å². The quantitative estimate of drug-likeness (QED) is 0.359. The second kappa shape index (κ2) is 8.77. The van der Waals surface area contributed by atoms with Crippen LogP contribution in [0, 0.1) is 19.3 Å². The van der Waals surface area contributed by atoms with Gasteiger partial charge in [0.1, 0.15) is 5.04 Å². The standard InChI is InChI=1S/C29H23N5OS/c1-18-11-13-20(14-12-18)28-32-34-26(30)24(27(35)31-29(34)36-28)15-22-17-33(25-10-6-5-9-23(22)25)16-21-8-4-3-7-19(21)2/h3-15,17,30H,16H2,1-2H3. The molecule has 0 saturated carbocycles. The number of amides is 1. The highest BCUT2D eigenvalue weighted by Crippen LogP contribution is 2.32. The monoisotopic (exact) mass is 489 g/mol. The number of benzene rings is 3. The highest BCUT2D eigenvalue weighted by Gasteiger charge is 2.36. The van der Waals surface area contributed by atoms with Crippen molar-refractivity contribution >= 4 is 50.7 Å². The predicted molar refractivity (Wildman–Crippen MR) is 148 cm³/mol. The van der Waals surface area contributed by atoms with Crippen LogP contribution >= 0.6 is 11.8 Å². The van der Waals surface area contributed by atoms with Gasteiger partial charge in [-0.25, -0.2) is 0 Å². The van der Waals surface area contributed by atoms with Crippen LogP contribution in [0.5, 0.6) is 0 Å². The SMILES string of the molecule is Cc1ccc(C2=NN3C(=N)C(=Cc4cn(Cc5ccccc5C)c5ccccc45)C(=O)N=C3S2)cc1. The molecule has 0 aliphatic carbocycles. The molecule has 176 valence electrons. The summed E-state index contributed by atoms with van der Waals surface area (Å²) in [6.07, 6.45) is 3.81. The first kappa shape index (κ1) is 22.2. The lowest BCUT2D eigenvalue weighted by atomic mass is 10.1. The van der Waals surface area contributed by atoms with Crippen molar-refractivity contribution in [3.63, 3.8) is 0 Å². The molecule has 0 spiro atoms. The third-order valence-electron chi connectivity index (χ3n) is 6.47. The van der Waals surface area contributed by atoms with Gasteiger partial charge in [-0.1, -0.05) is 72.3 Å². The van der Waals surface area contributed by atoms with Gasteiger partial charge in [0.25, 0.3) is 5.91 Å². The van der Waals surface area contributed by atoms with Crippen molar-refractivity contribution in [3.8, 4) is 0 Å². The lowest BCUT2D eigenvalue weighted by Crippen LogP contribution is -2.35. The molecule has 1 amide bonds. The zero-order chi connectivity index (χ0) is 24.8. The van der Waals surface area contributed by atoms with Gasteiger partial charge in [0, 0.05) is 34.8 Å². The number of hydrogen-bond donors (Lipinski definition) is 1. The van der Waals surface area contributed by atoms with Crippen LogP contribution in [0.1, 0.15) is 27.8 Å². The van der Waals surface area contributed by atoms with E-state index < -0.39 is 5.91 Å². The summed E-state index contributed by atoms with van der Waals surface area (Å²) >= 11 is 1.31. The van der Waals surface area contributed by atoms with E-state index in [0.717, 1.165) is 39.2 Å². The molecule has 36 heavy (non-hydrogen) atoms. The van der Waals surface area contributed by atoms with Crippen molar-refractivity contribution in [1.82, 2.24) is 9.58 Å². The van der Waals surface area contributed by atoms with Gasteiger partial charge in [-0.05, 0) is 48.9 Å². The molecule has 2 aliphatic heterocycles. The average Bonchev–Trinajstić information content (AvgIpc) is 3.46. The van der Waals surface area contributed by atoms with Gasteiger partial charge < -0.3 is 4.57 Å². The molecule has 0 unspecified atom stereocenters. The number of aromatic nitrogens is 1. The van der Waals surface area contributed by atoms with E-state index in [1.54, 1.807) is 6.08 Å². The highest BCUT2D eigenvalue weighted by molar-refractivity contribution is 8.27. The van der Waals surface area contributed by atoms with Crippen LogP contribution < -0.4 is 0 Å². The molecule has 0 saturated heterocycles. The number of nitrogens with one attached hydrogen (secondary N) is 1. The summed E-state index contributed by atoms with van der Waals surface area (Å²) in [6, 6.07) is 24.5. The minimum atomic E-state index is -0.421. The molecule has 0 radical (unpaired) electrons. The number of thioether (sulfide) groups is 1. The maximum Gasteiger partial charge on any atom is 0.283 e. The summed E-state index contributed by atoms with van der Waals surface area (Å²) < 4.78 is 2.19. The molecule has 1 N–H and O–H groups in total. The van der Waals surface area contributed by atoms with Crippen molar-refractivity contribution in [1.29, 1.82) is 5.41 Å². The molecule has 0 bridgehead atoms. The lowest BCUT2D eigenvalue weighted by molar-refractivity contribution is -0.114. The molecule has 7 heteroatoms. The normalized spacial score (nSPS) is 16.5. The summed E-state index contributed by atoms with van der Waals surface area (Å²) in [7, 11) is 0. The molecule has 3 aromatic carbocycles. The molecular formula is C29H23N5OS. The topological polar surface area (TPSA) is 73.8 Å². The van der Waals surface area contributed by atoms with E-state index in [2.05, 4.69) is 39.8 Å². The van der Waals surface area contributed by atoms with E-state index in [-0.39, 0.29) is 11.4 Å². The molecule has 4 aromatic rings. The number of amidine groups is 2. The molecule has 1 aromatic heterocycles. The fraction of sp³-hybridized carbons (Fsp3) is 0.103. The Morgan fingerprint density at radius 1 is 0.972 bits per heavy atom. The molecule has 0 fully saturated rings. The minimum absolute atomic E-state index is 0.0374. The predicted octanol–water partition coefficient (Wildman–Crippen LogP) is 5.97. The second-order valence-electron chi connectivity index (χ2n) is 8.95. The largest absolute Gasteiger partial charge is 0.342 e. The van der Waals surface area contributed by atoms with Gasteiger partial charge in [0.15, 0.2) is 5.84 Å². The van der Waals surface area contributed by atoms with Gasteiger partial charge >= 0.3 is 0 Å². The Balaban J connectivity index is 1.38. The maximum atomic E-state index is 13.0. The third-order valence-corrected chi connectivity index (χ3v) is 7.43. The van der Waals surface area contributed by atoms with Crippen LogP contribution in [0.25, 0.3) is 17.0 Å². The molecule has 6 rings (SSSR count). The smallest absolute Gasteiger partial charge is 0.283 e. The van der Waals surface area contributed by atoms with Gasteiger partial charge in [0.05, 0.1) is 5.57 Å². The fourth-order valence-electron chi connectivity index (χ4n) is 4.45. The van der Waals surface area contributed by atoms with E-state index in [4.69, 9.17) is 5.41 Å². The number of carbonyl (C=O) groups is 1. The van der Waals surface area contributed by atoms with Gasteiger partial charge in [-0.15, -0.1) is 0 Å². The number of fused-ring (bicyclic) bond motifs is 2. The van der Waals surface area contributed by atoms with Gasteiger partial charge in [-0.2, -0.15) is 15.1 Å². The van der Waals surface area contributed by atoms with E-state index in [0.29, 0.717) is 5.17 Å². The highest BCUT2D eigenvalue weighted by atomic mass is 32.2. The van der Waals surface area contributed by atoms with Crippen molar-refractivity contribution < 1.29 is 4.79 Å². The Morgan fingerprint density at radius 2 is 1.72 bits per heavy atom. The number of aryl methyl sites for hydroxylation is 2. The van der Waals surface area contributed by atoms with Crippen LogP contribution in [0.3, 0.4) is 0 Å². The van der Waals surface area contributed by atoms with Crippen molar-refractivity contribution in [2.45, 2.75) is 20.4 Å². The fourth-order valence-corrected chi connectivity index (χ4v) is 5.35. The Hall–Kier alpha value is -4.23. The first-order chi connectivity index (χ1) is 17.5. The van der Waals surface area contributed by atoms with Gasteiger partial charge in [0.2, 0.25) is 5.17 Å². The summed E-state index contributed by atoms with van der Waals surface area (Å²) in [4.78, 5) is 17.3. The number of rotatable bonds is 4. The first-order valence-electron chi connectivity index (χ1n) is 11.7. The Kier molecular flexibility index (Phi) is 5.42. The van der Waals surface area contributed by atoms with Crippen molar-refractivity contribution in [3.05, 3.63) is 112 Å². The van der Waals surface area contributed by atoms with Crippen molar-refractivity contribution in [2.75, 3.05) is 0 Å². The van der Waals surface area contributed by atoms with Crippen molar-refractivity contribution in [2.24, 2.45) is 10.1 Å². The summed E-state index contributed by atoms with van der Waals surface area (Å²) in [5.41, 5.74) is 6.74. The van der Waals surface area contributed by atoms with Crippen LogP contribution in [-0.2, 0) is 11.3 Å². The summed E-state index contributed by atoms with van der Waals surface area (Å²) in [5, 5.41) is 17.0. The number of para-hydroxylation sites is 1. The van der Waals surface area contributed by atoms with Crippen LogP contribution in [0.4, 0.5) is 0 Å². The maximum absolute atomic E-state index is 13.0. The molecule has 3 heterocycles. The third kappa shape index (κ3) is 3.87. The number of nitrogens with zero attached hydrogens (tertiary/aromatic N) is 4. The summed E-state index contributed by atoms with van der Waals surface area (Å²) in [6.45, 7) is 4.86. The molecule has 2 aliphatic rings. The molecule has 0 atom stereocenters. The first-order valence-corrected chi connectivity index (χ1v) is 12.5. The zero-order valence-corrected chi connectivity index (χ0v) is 20.7. The molecular weight excluding hydrogens is 466 g/mol. The van der Waals surface area contributed by atoms with E-state index in [1.165, 1.54) is 27.9 Å².